The molecule has 1 saturated heterocycles. The summed E-state index contributed by atoms with van der Waals surface area (Å²) in [6.45, 7) is 2.59. The number of pyridine rings is 1. The fourth-order valence-electron chi connectivity index (χ4n) is 2.68. The SMILES string of the molecule is Cc1n[nH]nc1C(=O)N1C[C@@H](Cc2ccncc2)[C@@H](O)C1. The summed E-state index contributed by atoms with van der Waals surface area (Å²) in [6.07, 6.45) is 3.68. The van der Waals surface area contributed by atoms with Crippen molar-refractivity contribution in [1.29, 1.82) is 0 Å². The molecule has 3 heterocycles. The minimum Gasteiger partial charge on any atom is -0.391 e. The topological polar surface area (TPSA) is 95.0 Å². The molecule has 0 radical (unpaired) electrons. The maximum Gasteiger partial charge on any atom is 0.276 e. The van der Waals surface area contributed by atoms with Gasteiger partial charge in [0, 0.05) is 31.4 Å². The Morgan fingerprint density at radius 1 is 1.38 bits per heavy atom. The van der Waals surface area contributed by atoms with Crippen LogP contribution >= 0.6 is 0 Å². The van der Waals surface area contributed by atoms with Gasteiger partial charge < -0.3 is 10.0 Å². The molecule has 0 unspecified atom stereocenters. The zero-order chi connectivity index (χ0) is 14.8. The number of likely N-dealkylation sites (tertiary alicyclic amines) is 1. The summed E-state index contributed by atoms with van der Waals surface area (Å²) in [6, 6.07) is 3.86. The van der Waals surface area contributed by atoms with Gasteiger partial charge in [0.25, 0.3) is 5.91 Å². The number of hydrogen-bond donors (Lipinski definition) is 2. The Hall–Kier alpha value is -2.28. The monoisotopic (exact) mass is 287 g/mol. The lowest BCUT2D eigenvalue weighted by molar-refractivity contribution is 0.0758. The third-order valence-electron chi connectivity index (χ3n) is 3.87. The van der Waals surface area contributed by atoms with E-state index in [0.29, 0.717) is 24.5 Å². The van der Waals surface area contributed by atoms with Gasteiger partial charge in [0.05, 0.1) is 11.8 Å². The number of hydrogen-bond acceptors (Lipinski definition) is 5. The van der Waals surface area contributed by atoms with E-state index in [2.05, 4.69) is 20.4 Å². The second kappa shape index (κ2) is 5.61. The van der Waals surface area contributed by atoms with E-state index >= 15 is 0 Å². The first kappa shape index (κ1) is 13.7. The van der Waals surface area contributed by atoms with E-state index in [1.54, 1.807) is 24.2 Å². The van der Waals surface area contributed by atoms with Crippen LogP contribution in [0.4, 0.5) is 0 Å². The van der Waals surface area contributed by atoms with Gasteiger partial charge in [-0.1, -0.05) is 0 Å². The molecule has 1 aliphatic rings. The number of nitrogens with zero attached hydrogens (tertiary/aromatic N) is 4. The smallest absolute Gasteiger partial charge is 0.276 e. The molecule has 1 amide bonds. The lowest BCUT2D eigenvalue weighted by Gasteiger charge is -2.15. The molecular weight excluding hydrogens is 270 g/mol. The fourth-order valence-corrected chi connectivity index (χ4v) is 2.68. The molecule has 7 heteroatoms. The molecule has 2 N–H and O–H groups in total. The average molecular weight is 287 g/mol. The van der Waals surface area contributed by atoms with Gasteiger partial charge in [-0.15, -0.1) is 0 Å². The average Bonchev–Trinajstić information content (AvgIpc) is 3.06. The Labute approximate surface area is 122 Å². The van der Waals surface area contributed by atoms with Gasteiger partial charge in [0.15, 0.2) is 5.69 Å². The Kier molecular flexibility index (Phi) is 3.66. The van der Waals surface area contributed by atoms with E-state index in [-0.39, 0.29) is 11.8 Å². The molecule has 7 nitrogen and oxygen atoms in total. The van der Waals surface area contributed by atoms with Crippen LogP contribution in [-0.2, 0) is 6.42 Å². The summed E-state index contributed by atoms with van der Waals surface area (Å²) >= 11 is 0. The molecule has 0 saturated carbocycles. The molecule has 3 rings (SSSR count). The molecular formula is C14H17N5O2. The van der Waals surface area contributed by atoms with Crippen molar-refractivity contribution in [3.8, 4) is 0 Å². The van der Waals surface area contributed by atoms with Crippen LogP contribution in [0.2, 0.25) is 0 Å². The second-order valence-electron chi connectivity index (χ2n) is 5.35. The number of carbonyl (C=O) groups is 1. The van der Waals surface area contributed by atoms with Crippen molar-refractivity contribution in [2.24, 2.45) is 5.92 Å². The summed E-state index contributed by atoms with van der Waals surface area (Å²) in [7, 11) is 0. The Balaban J connectivity index is 1.69. The van der Waals surface area contributed by atoms with Crippen LogP contribution in [0.5, 0.6) is 0 Å². The van der Waals surface area contributed by atoms with Crippen molar-refractivity contribution >= 4 is 5.91 Å². The number of aliphatic hydroxyl groups is 1. The minimum atomic E-state index is -0.519. The van der Waals surface area contributed by atoms with E-state index < -0.39 is 6.10 Å². The number of aromatic amines is 1. The molecule has 2 aromatic heterocycles. The first-order valence-electron chi connectivity index (χ1n) is 6.88. The van der Waals surface area contributed by atoms with Crippen LogP contribution in [0.1, 0.15) is 21.7 Å². The number of rotatable bonds is 3. The van der Waals surface area contributed by atoms with Crippen molar-refractivity contribution in [3.05, 3.63) is 41.5 Å². The molecule has 2 aromatic rings. The molecule has 110 valence electrons. The highest BCUT2D eigenvalue weighted by atomic mass is 16.3. The van der Waals surface area contributed by atoms with E-state index in [0.717, 1.165) is 12.0 Å². The number of nitrogens with one attached hydrogen (secondary N) is 1. The molecule has 2 atom stereocenters. The zero-order valence-corrected chi connectivity index (χ0v) is 11.7. The van der Waals surface area contributed by atoms with Crippen molar-refractivity contribution in [1.82, 2.24) is 25.3 Å². The molecule has 21 heavy (non-hydrogen) atoms. The largest absolute Gasteiger partial charge is 0.391 e. The van der Waals surface area contributed by atoms with Gasteiger partial charge in [-0.25, -0.2) is 0 Å². The highest BCUT2D eigenvalue weighted by Gasteiger charge is 2.35. The van der Waals surface area contributed by atoms with Gasteiger partial charge in [-0.2, -0.15) is 15.4 Å². The zero-order valence-electron chi connectivity index (χ0n) is 11.7. The lowest BCUT2D eigenvalue weighted by Crippen LogP contribution is -2.30. The van der Waals surface area contributed by atoms with Gasteiger partial charge in [-0.3, -0.25) is 9.78 Å². The number of H-pyrrole nitrogens is 1. The minimum absolute atomic E-state index is 0.0311. The second-order valence-corrected chi connectivity index (χ2v) is 5.35. The highest BCUT2D eigenvalue weighted by molar-refractivity contribution is 5.93. The normalized spacial score (nSPS) is 21.7. The molecule has 0 aliphatic carbocycles. The standard InChI is InChI=1S/C14H17N5O2/c1-9-13(17-18-16-9)14(21)19-7-11(12(20)8-19)6-10-2-4-15-5-3-10/h2-5,11-12,20H,6-8H2,1H3,(H,16,17,18)/t11-,12+/m1/s1. The summed E-state index contributed by atoms with van der Waals surface area (Å²) in [5.41, 5.74) is 2.01. The van der Waals surface area contributed by atoms with Crippen molar-refractivity contribution < 1.29 is 9.90 Å². The molecule has 1 fully saturated rings. The third kappa shape index (κ3) is 2.78. The Bertz CT molecular complexity index is 627. The Morgan fingerprint density at radius 3 is 2.81 bits per heavy atom. The maximum absolute atomic E-state index is 12.4. The van der Waals surface area contributed by atoms with Gasteiger partial charge >= 0.3 is 0 Å². The van der Waals surface area contributed by atoms with Crippen LogP contribution in [-0.4, -0.2) is 55.5 Å². The summed E-state index contributed by atoms with van der Waals surface area (Å²) in [5.74, 6) is -0.152. The van der Waals surface area contributed by atoms with Crippen LogP contribution < -0.4 is 0 Å². The van der Waals surface area contributed by atoms with Gasteiger partial charge in [0.1, 0.15) is 0 Å². The first-order valence-corrected chi connectivity index (χ1v) is 6.88. The van der Waals surface area contributed by atoms with Crippen molar-refractivity contribution in [2.75, 3.05) is 13.1 Å². The summed E-state index contributed by atoms with van der Waals surface area (Å²) in [4.78, 5) is 18.0. The van der Waals surface area contributed by atoms with Crippen LogP contribution in [0, 0.1) is 12.8 Å². The molecule has 0 aromatic carbocycles. The summed E-state index contributed by atoms with van der Waals surface area (Å²) in [5, 5.41) is 20.4. The van der Waals surface area contributed by atoms with Gasteiger partial charge in [-0.05, 0) is 31.0 Å². The van der Waals surface area contributed by atoms with Crippen molar-refractivity contribution in [3.63, 3.8) is 0 Å². The van der Waals surface area contributed by atoms with Gasteiger partial charge in [0.2, 0.25) is 0 Å². The summed E-state index contributed by atoms with van der Waals surface area (Å²) < 4.78 is 0. The van der Waals surface area contributed by atoms with E-state index in [4.69, 9.17) is 0 Å². The number of β-amino-alcohol motifs (C(OH)–C–C–N with tert-alkyl or cyclic N) is 1. The van der Waals surface area contributed by atoms with Crippen LogP contribution in [0.15, 0.2) is 24.5 Å². The lowest BCUT2D eigenvalue weighted by atomic mass is 9.97. The van der Waals surface area contributed by atoms with Crippen molar-refractivity contribution in [2.45, 2.75) is 19.4 Å². The highest BCUT2D eigenvalue weighted by Crippen LogP contribution is 2.23. The Morgan fingerprint density at radius 2 is 2.14 bits per heavy atom. The number of aromatic nitrogens is 4. The molecule has 0 bridgehead atoms. The fraction of sp³-hybridized carbons (Fsp3) is 0.429. The third-order valence-corrected chi connectivity index (χ3v) is 3.87. The molecule has 0 spiro atoms. The number of carbonyl (C=O) groups excluding carboxylic acids is 1. The molecule has 1 aliphatic heterocycles. The van der Waals surface area contributed by atoms with E-state index in [9.17, 15) is 9.90 Å². The van der Waals surface area contributed by atoms with E-state index in [1.807, 2.05) is 12.1 Å². The number of aliphatic hydroxyl groups excluding tert-OH is 1. The predicted octanol–water partition coefficient (Wildman–Crippen LogP) is 0.184. The number of amides is 1. The van der Waals surface area contributed by atoms with Crippen LogP contribution in [0.3, 0.4) is 0 Å². The first-order chi connectivity index (χ1) is 10.1. The number of aryl methyl sites for hydroxylation is 1. The van der Waals surface area contributed by atoms with Crippen LogP contribution in [0.25, 0.3) is 0 Å². The maximum atomic E-state index is 12.4. The van der Waals surface area contributed by atoms with E-state index in [1.165, 1.54) is 0 Å². The quantitative estimate of drug-likeness (QED) is 0.840. The predicted molar refractivity (Wildman–Crippen MR) is 74.5 cm³/mol.